The number of nitrogens with one attached hydrogen (secondary N) is 2. The number of rotatable bonds is 5. The zero-order valence-corrected chi connectivity index (χ0v) is 18.3. The van der Waals surface area contributed by atoms with Gasteiger partial charge in [0.2, 0.25) is 0 Å². The van der Waals surface area contributed by atoms with E-state index in [-0.39, 0.29) is 24.0 Å². The normalized spacial score (nSPS) is 15.6. The highest BCUT2D eigenvalue weighted by Gasteiger charge is 2.20. The summed E-state index contributed by atoms with van der Waals surface area (Å²) < 4.78 is 4.91. The molecule has 8 nitrogen and oxygen atoms in total. The number of pyridine rings is 1. The van der Waals surface area contributed by atoms with Gasteiger partial charge in [-0.3, -0.25) is 9.89 Å². The summed E-state index contributed by atoms with van der Waals surface area (Å²) in [5, 5.41) is 8.68. The molecule has 0 unspecified atom stereocenters. The minimum atomic E-state index is 0. The summed E-state index contributed by atoms with van der Waals surface area (Å²) in [6, 6.07) is 6.01. The lowest BCUT2D eigenvalue weighted by atomic mass is 10.1. The van der Waals surface area contributed by atoms with Gasteiger partial charge in [0.1, 0.15) is 11.9 Å². The Bertz CT molecular complexity index is 885. The molecule has 3 aromatic heterocycles. The van der Waals surface area contributed by atoms with Gasteiger partial charge in [-0.2, -0.15) is 0 Å². The van der Waals surface area contributed by atoms with Crippen molar-refractivity contribution in [2.24, 2.45) is 4.99 Å². The van der Waals surface area contributed by atoms with Crippen molar-refractivity contribution in [3.05, 3.63) is 48.1 Å². The van der Waals surface area contributed by atoms with Crippen molar-refractivity contribution in [3.8, 4) is 0 Å². The third kappa shape index (κ3) is 4.82. The van der Waals surface area contributed by atoms with Gasteiger partial charge in [0, 0.05) is 70.2 Å². The summed E-state index contributed by atoms with van der Waals surface area (Å²) >= 11 is 0. The van der Waals surface area contributed by atoms with Crippen molar-refractivity contribution in [2.45, 2.75) is 13.0 Å². The fourth-order valence-corrected chi connectivity index (χ4v) is 3.53. The molecular formula is C19H26IN7O. The molecule has 28 heavy (non-hydrogen) atoms. The molecule has 4 rings (SSSR count). The number of hydrogen-bond donors (Lipinski definition) is 2. The Labute approximate surface area is 181 Å². The number of guanidine groups is 1. The molecule has 0 amide bonds. The molecule has 0 radical (unpaired) electrons. The second-order valence-electron chi connectivity index (χ2n) is 6.69. The van der Waals surface area contributed by atoms with Gasteiger partial charge < -0.3 is 19.7 Å². The predicted octanol–water partition coefficient (Wildman–Crippen LogP) is 2.10. The van der Waals surface area contributed by atoms with E-state index in [1.807, 2.05) is 31.6 Å². The minimum absolute atomic E-state index is 0. The van der Waals surface area contributed by atoms with E-state index < -0.39 is 0 Å². The highest BCUT2D eigenvalue weighted by Crippen LogP contribution is 2.15. The van der Waals surface area contributed by atoms with Crippen LogP contribution in [0.3, 0.4) is 0 Å². The Morgan fingerprint density at radius 2 is 2.14 bits per heavy atom. The molecule has 1 aliphatic heterocycles. The van der Waals surface area contributed by atoms with Gasteiger partial charge >= 0.3 is 0 Å². The SMILES string of the molecule is CN=C(NCCc1c[nH]c2ncccc12)N1CCN(Cc2ccon2)CC1.I. The number of aromatic nitrogens is 3. The van der Waals surface area contributed by atoms with Gasteiger partial charge in [-0.05, 0) is 24.1 Å². The van der Waals surface area contributed by atoms with Crippen LogP contribution in [0.5, 0.6) is 0 Å². The number of fused-ring (bicyclic) bond motifs is 1. The second kappa shape index (κ2) is 9.87. The molecule has 150 valence electrons. The third-order valence-electron chi connectivity index (χ3n) is 4.97. The van der Waals surface area contributed by atoms with E-state index in [0.717, 1.165) is 63.0 Å². The Morgan fingerprint density at radius 3 is 2.89 bits per heavy atom. The van der Waals surface area contributed by atoms with Crippen molar-refractivity contribution in [3.63, 3.8) is 0 Å². The van der Waals surface area contributed by atoms with Crippen LogP contribution in [0.4, 0.5) is 0 Å². The molecule has 0 aliphatic carbocycles. The highest BCUT2D eigenvalue weighted by atomic mass is 127. The maximum atomic E-state index is 4.91. The molecule has 9 heteroatoms. The van der Waals surface area contributed by atoms with E-state index in [1.54, 1.807) is 6.26 Å². The van der Waals surface area contributed by atoms with E-state index in [4.69, 9.17) is 4.52 Å². The van der Waals surface area contributed by atoms with Crippen LogP contribution in [0.1, 0.15) is 11.3 Å². The number of aliphatic imine (C=N–C) groups is 1. The number of aromatic amines is 1. The lowest BCUT2D eigenvalue weighted by molar-refractivity contribution is 0.169. The average Bonchev–Trinajstić information content (AvgIpc) is 3.36. The molecule has 0 saturated carbocycles. The number of hydrogen-bond acceptors (Lipinski definition) is 5. The van der Waals surface area contributed by atoms with E-state index >= 15 is 0 Å². The first kappa shape index (κ1) is 20.6. The van der Waals surface area contributed by atoms with Crippen LogP contribution in [0.15, 0.2) is 46.4 Å². The van der Waals surface area contributed by atoms with Crippen LogP contribution in [-0.2, 0) is 13.0 Å². The Morgan fingerprint density at radius 1 is 1.29 bits per heavy atom. The number of halogens is 1. The zero-order valence-electron chi connectivity index (χ0n) is 16.0. The third-order valence-corrected chi connectivity index (χ3v) is 4.97. The van der Waals surface area contributed by atoms with Gasteiger partial charge in [-0.25, -0.2) is 4.98 Å². The topological polar surface area (TPSA) is 85.6 Å². The maximum absolute atomic E-state index is 4.91. The van der Waals surface area contributed by atoms with Crippen molar-refractivity contribution in [1.29, 1.82) is 0 Å². The Kier molecular flexibility index (Phi) is 7.26. The summed E-state index contributed by atoms with van der Waals surface area (Å²) in [5.74, 6) is 0.967. The number of piperazine rings is 1. The van der Waals surface area contributed by atoms with Crippen molar-refractivity contribution < 1.29 is 4.52 Å². The van der Waals surface area contributed by atoms with Crippen LogP contribution < -0.4 is 5.32 Å². The van der Waals surface area contributed by atoms with Crippen LogP contribution in [0.25, 0.3) is 11.0 Å². The zero-order chi connectivity index (χ0) is 18.5. The molecule has 0 atom stereocenters. The first-order valence-electron chi connectivity index (χ1n) is 9.31. The molecule has 2 N–H and O–H groups in total. The first-order chi connectivity index (χ1) is 13.3. The summed E-state index contributed by atoms with van der Waals surface area (Å²) in [5.41, 5.74) is 3.21. The highest BCUT2D eigenvalue weighted by molar-refractivity contribution is 14.0. The Balaban J connectivity index is 0.00000225. The summed E-state index contributed by atoms with van der Waals surface area (Å²) in [6.07, 6.45) is 6.41. The summed E-state index contributed by atoms with van der Waals surface area (Å²) in [7, 11) is 1.85. The van der Waals surface area contributed by atoms with Gasteiger partial charge in [-0.1, -0.05) is 5.16 Å². The van der Waals surface area contributed by atoms with Gasteiger partial charge in [-0.15, -0.1) is 24.0 Å². The number of H-pyrrole nitrogens is 1. The van der Waals surface area contributed by atoms with Crippen LogP contribution in [0.2, 0.25) is 0 Å². The molecule has 0 aromatic carbocycles. The van der Waals surface area contributed by atoms with E-state index in [1.165, 1.54) is 10.9 Å². The van der Waals surface area contributed by atoms with Crippen molar-refractivity contribution >= 4 is 41.0 Å². The maximum Gasteiger partial charge on any atom is 0.193 e. The largest absolute Gasteiger partial charge is 0.364 e. The quantitative estimate of drug-likeness (QED) is 0.321. The summed E-state index contributed by atoms with van der Waals surface area (Å²) in [6.45, 7) is 5.56. The van der Waals surface area contributed by atoms with Crippen molar-refractivity contribution in [2.75, 3.05) is 39.8 Å². The standard InChI is InChI=1S/C19H25N7O.HI/c1-20-19(22-7-4-15-13-23-18-17(15)3-2-6-21-18)26-10-8-25(9-11-26)14-16-5-12-27-24-16;/h2-3,5-6,12-13H,4,7-11,14H2,1H3,(H,20,22)(H,21,23);1H. The average molecular weight is 495 g/mol. The summed E-state index contributed by atoms with van der Waals surface area (Å²) in [4.78, 5) is 16.7. The molecule has 1 saturated heterocycles. The monoisotopic (exact) mass is 495 g/mol. The van der Waals surface area contributed by atoms with Gasteiger partial charge in [0.15, 0.2) is 5.96 Å². The van der Waals surface area contributed by atoms with Crippen LogP contribution >= 0.6 is 24.0 Å². The lowest BCUT2D eigenvalue weighted by Gasteiger charge is -2.36. The molecule has 0 spiro atoms. The van der Waals surface area contributed by atoms with E-state index in [0.29, 0.717) is 0 Å². The van der Waals surface area contributed by atoms with Crippen molar-refractivity contribution in [1.82, 2.24) is 30.2 Å². The Hall–Kier alpha value is -2.14. The van der Waals surface area contributed by atoms with Gasteiger partial charge in [0.25, 0.3) is 0 Å². The fourth-order valence-electron chi connectivity index (χ4n) is 3.53. The van der Waals surface area contributed by atoms with Gasteiger partial charge in [0.05, 0.1) is 5.69 Å². The smallest absolute Gasteiger partial charge is 0.193 e. The molecule has 1 aliphatic rings. The molecular weight excluding hydrogens is 469 g/mol. The first-order valence-corrected chi connectivity index (χ1v) is 9.31. The lowest BCUT2D eigenvalue weighted by Crippen LogP contribution is -2.52. The molecule has 1 fully saturated rings. The van der Waals surface area contributed by atoms with E-state index in [9.17, 15) is 0 Å². The second-order valence-corrected chi connectivity index (χ2v) is 6.69. The van der Waals surface area contributed by atoms with Crippen LogP contribution in [0, 0.1) is 0 Å². The predicted molar refractivity (Wildman–Crippen MR) is 120 cm³/mol. The van der Waals surface area contributed by atoms with Crippen LogP contribution in [-0.4, -0.2) is 70.7 Å². The van der Waals surface area contributed by atoms with E-state index in [2.05, 4.69) is 41.3 Å². The number of nitrogens with zero attached hydrogens (tertiary/aromatic N) is 5. The molecule has 4 heterocycles. The molecule has 0 bridgehead atoms. The molecule has 3 aromatic rings. The fraction of sp³-hybridized carbons (Fsp3) is 0.421. The minimum Gasteiger partial charge on any atom is -0.364 e.